The third-order valence-electron chi connectivity index (χ3n) is 2.57. The molecule has 1 aromatic heterocycles. The van der Waals surface area contributed by atoms with E-state index in [-0.39, 0.29) is 12.6 Å². The van der Waals surface area contributed by atoms with Gasteiger partial charge in [-0.2, -0.15) is 0 Å². The van der Waals surface area contributed by atoms with Gasteiger partial charge < -0.3 is 20.6 Å². The third-order valence-corrected chi connectivity index (χ3v) is 2.57. The summed E-state index contributed by atoms with van der Waals surface area (Å²) >= 11 is 0. The summed E-state index contributed by atoms with van der Waals surface area (Å²) in [4.78, 5) is 8.65. The minimum atomic E-state index is -0.209. The van der Waals surface area contributed by atoms with Crippen LogP contribution in [0.5, 0.6) is 0 Å². The molecule has 5 N–H and O–H groups in total. The zero-order valence-electron chi connectivity index (χ0n) is 11.0. The highest BCUT2D eigenvalue weighted by molar-refractivity contribution is 5.57. The second-order valence-electron chi connectivity index (χ2n) is 3.94. The SMILES string of the molecule is CCc1nc(NN)c(C)c(NC(CO)COC)n1. The van der Waals surface area contributed by atoms with E-state index in [0.29, 0.717) is 30.5 Å². The van der Waals surface area contributed by atoms with Gasteiger partial charge in [0, 0.05) is 19.1 Å². The number of ether oxygens (including phenoxy) is 1. The Labute approximate surface area is 107 Å². The first-order chi connectivity index (χ1) is 8.65. The van der Waals surface area contributed by atoms with Crippen LogP contribution in [-0.4, -0.2) is 41.4 Å². The predicted octanol–water partition coefficient (Wildman–Crippen LogP) is 0.0522. The van der Waals surface area contributed by atoms with Crippen molar-refractivity contribution in [3.63, 3.8) is 0 Å². The number of hydrogen-bond acceptors (Lipinski definition) is 7. The van der Waals surface area contributed by atoms with Gasteiger partial charge in [-0.3, -0.25) is 0 Å². The number of methoxy groups -OCH3 is 1. The molecule has 1 unspecified atom stereocenters. The Hall–Kier alpha value is -1.44. The number of hydrazine groups is 1. The lowest BCUT2D eigenvalue weighted by molar-refractivity contribution is 0.153. The minimum Gasteiger partial charge on any atom is -0.394 e. The molecule has 0 radical (unpaired) electrons. The third kappa shape index (κ3) is 3.52. The smallest absolute Gasteiger partial charge is 0.148 e. The highest BCUT2D eigenvalue weighted by Crippen LogP contribution is 2.20. The van der Waals surface area contributed by atoms with Crippen molar-refractivity contribution in [1.29, 1.82) is 0 Å². The van der Waals surface area contributed by atoms with E-state index < -0.39 is 0 Å². The van der Waals surface area contributed by atoms with Gasteiger partial charge in [-0.05, 0) is 6.92 Å². The van der Waals surface area contributed by atoms with Crippen LogP contribution in [0, 0.1) is 6.92 Å². The maximum atomic E-state index is 9.24. The number of nitrogens with zero attached hydrogens (tertiary/aromatic N) is 2. The predicted molar refractivity (Wildman–Crippen MR) is 70.3 cm³/mol. The maximum absolute atomic E-state index is 9.24. The molecular formula is C11H21N5O2. The topological polar surface area (TPSA) is 105 Å². The van der Waals surface area contributed by atoms with Gasteiger partial charge in [-0.1, -0.05) is 6.92 Å². The summed E-state index contributed by atoms with van der Waals surface area (Å²) in [6.07, 6.45) is 0.706. The number of nitrogens with one attached hydrogen (secondary N) is 2. The maximum Gasteiger partial charge on any atom is 0.148 e. The first kappa shape index (κ1) is 14.6. The quantitative estimate of drug-likeness (QED) is 0.403. The summed E-state index contributed by atoms with van der Waals surface area (Å²) < 4.78 is 5.01. The first-order valence-electron chi connectivity index (χ1n) is 5.86. The van der Waals surface area contributed by atoms with Gasteiger partial charge in [0.2, 0.25) is 0 Å². The molecule has 0 aliphatic carbocycles. The van der Waals surface area contributed by atoms with Crippen LogP contribution in [0.1, 0.15) is 18.3 Å². The molecule has 0 spiro atoms. The van der Waals surface area contributed by atoms with E-state index >= 15 is 0 Å². The van der Waals surface area contributed by atoms with Gasteiger partial charge in [0.05, 0.1) is 19.3 Å². The number of rotatable bonds is 7. The lowest BCUT2D eigenvalue weighted by Crippen LogP contribution is -2.30. The molecule has 0 amide bonds. The van der Waals surface area contributed by atoms with E-state index in [9.17, 15) is 5.11 Å². The lowest BCUT2D eigenvalue weighted by atomic mass is 10.2. The van der Waals surface area contributed by atoms with Gasteiger partial charge in [0.25, 0.3) is 0 Å². The molecule has 0 bridgehead atoms. The van der Waals surface area contributed by atoms with Crippen molar-refractivity contribution < 1.29 is 9.84 Å². The zero-order valence-corrected chi connectivity index (χ0v) is 11.0. The van der Waals surface area contributed by atoms with E-state index in [2.05, 4.69) is 20.7 Å². The van der Waals surface area contributed by atoms with Crippen LogP contribution in [0.4, 0.5) is 11.6 Å². The van der Waals surface area contributed by atoms with E-state index in [0.717, 1.165) is 5.56 Å². The molecular weight excluding hydrogens is 234 g/mol. The second-order valence-corrected chi connectivity index (χ2v) is 3.94. The highest BCUT2D eigenvalue weighted by Gasteiger charge is 2.13. The fourth-order valence-electron chi connectivity index (χ4n) is 1.54. The fraction of sp³-hybridized carbons (Fsp3) is 0.636. The number of aliphatic hydroxyl groups is 1. The van der Waals surface area contributed by atoms with Gasteiger partial charge in [0.1, 0.15) is 17.5 Å². The monoisotopic (exact) mass is 255 g/mol. The summed E-state index contributed by atoms with van der Waals surface area (Å²) in [7, 11) is 1.58. The molecule has 7 nitrogen and oxygen atoms in total. The van der Waals surface area contributed by atoms with Gasteiger partial charge >= 0.3 is 0 Å². The summed E-state index contributed by atoms with van der Waals surface area (Å²) in [6.45, 7) is 4.18. The van der Waals surface area contributed by atoms with Crippen LogP contribution in [0.3, 0.4) is 0 Å². The van der Waals surface area contributed by atoms with Crippen LogP contribution in [0.2, 0.25) is 0 Å². The zero-order chi connectivity index (χ0) is 13.5. The van der Waals surface area contributed by atoms with Gasteiger partial charge in [-0.25, -0.2) is 15.8 Å². The van der Waals surface area contributed by atoms with Crippen LogP contribution in [-0.2, 0) is 11.2 Å². The number of nitrogen functional groups attached to an aromatic ring is 1. The van der Waals surface area contributed by atoms with E-state index in [1.807, 2.05) is 13.8 Å². The Morgan fingerprint density at radius 1 is 1.39 bits per heavy atom. The number of hydrogen-bond donors (Lipinski definition) is 4. The summed E-state index contributed by atoms with van der Waals surface area (Å²) in [6, 6.07) is -0.209. The molecule has 1 heterocycles. The molecule has 0 saturated heterocycles. The number of anilines is 2. The Morgan fingerprint density at radius 2 is 2.06 bits per heavy atom. The molecule has 0 saturated carbocycles. The van der Waals surface area contributed by atoms with Crippen LogP contribution in [0.25, 0.3) is 0 Å². The molecule has 102 valence electrons. The molecule has 0 aliphatic heterocycles. The van der Waals surface area contributed by atoms with Crippen molar-refractivity contribution in [2.24, 2.45) is 5.84 Å². The summed E-state index contributed by atoms with van der Waals surface area (Å²) in [5.41, 5.74) is 3.36. The number of nitrogens with two attached hydrogens (primary N) is 1. The van der Waals surface area contributed by atoms with Gasteiger partial charge in [0.15, 0.2) is 0 Å². The van der Waals surface area contributed by atoms with Crippen molar-refractivity contribution in [3.8, 4) is 0 Å². The molecule has 0 fully saturated rings. The standard InChI is InChI=1S/C11H21N5O2/c1-4-9-14-10(7(2)11(15-9)16-12)13-8(5-17)6-18-3/h8,17H,4-6,12H2,1-3H3,(H2,13,14,15,16). The van der Waals surface area contributed by atoms with E-state index in [1.165, 1.54) is 0 Å². The minimum absolute atomic E-state index is 0.0376. The van der Waals surface area contributed by atoms with E-state index in [1.54, 1.807) is 7.11 Å². The molecule has 0 aromatic carbocycles. The molecule has 1 atom stereocenters. The normalized spacial score (nSPS) is 12.3. The number of aliphatic hydroxyl groups excluding tert-OH is 1. The molecule has 7 heteroatoms. The van der Waals surface area contributed by atoms with Crippen LogP contribution in [0.15, 0.2) is 0 Å². The number of aromatic nitrogens is 2. The molecule has 1 rings (SSSR count). The summed E-state index contributed by atoms with van der Waals surface area (Å²) in [5.74, 6) is 7.35. The molecule has 0 aliphatic rings. The largest absolute Gasteiger partial charge is 0.394 e. The Bertz CT molecular complexity index is 386. The van der Waals surface area contributed by atoms with Crippen molar-refractivity contribution in [2.75, 3.05) is 31.1 Å². The molecule has 18 heavy (non-hydrogen) atoms. The Kier molecular flexibility index (Phi) is 5.76. The van der Waals surface area contributed by atoms with Crippen LogP contribution < -0.4 is 16.6 Å². The van der Waals surface area contributed by atoms with Crippen LogP contribution >= 0.6 is 0 Å². The fourth-order valence-corrected chi connectivity index (χ4v) is 1.54. The Morgan fingerprint density at radius 3 is 2.56 bits per heavy atom. The van der Waals surface area contributed by atoms with E-state index in [4.69, 9.17) is 10.6 Å². The van der Waals surface area contributed by atoms with Crippen molar-refractivity contribution in [3.05, 3.63) is 11.4 Å². The second kappa shape index (κ2) is 7.10. The lowest BCUT2D eigenvalue weighted by Gasteiger charge is -2.19. The van der Waals surface area contributed by atoms with Crippen molar-refractivity contribution in [2.45, 2.75) is 26.3 Å². The highest BCUT2D eigenvalue weighted by atomic mass is 16.5. The van der Waals surface area contributed by atoms with Crippen molar-refractivity contribution in [1.82, 2.24) is 9.97 Å². The number of aryl methyl sites for hydroxylation is 1. The van der Waals surface area contributed by atoms with Gasteiger partial charge in [-0.15, -0.1) is 0 Å². The average Bonchev–Trinajstić information content (AvgIpc) is 2.40. The first-order valence-corrected chi connectivity index (χ1v) is 5.86. The summed E-state index contributed by atoms with van der Waals surface area (Å²) in [5, 5.41) is 12.4. The average molecular weight is 255 g/mol. The molecule has 1 aromatic rings. The Balaban J connectivity index is 2.98. The van der Waals surface area contributed by atoms with Crippen molar-refractivity contribution >= 4 is 11.6 Å².